The molecule has 1 N–H and O–H groups in total. The second-order valence-electron chi connectivity index (χ2n) is 4.02. The number of rotatable bonds is 3. The highest BCUT2D eigenvalue weighted by Gasteiger charge is 2.35. The van der Waals surface area contributed by atoms with Gasteiger partial charge in [-0.05, 0) is 9.91 Å². The number of aromatic amines is 1. The Balaban J connectivity index is 2.34. The number of fused-ring (bicyclic) bond motifs is 1. The highest BCUT2D eigenvalue weighted by atomic mass is 32.2. The number of imidazole rings is 2. The lowest BCUT2D eigenvalue weighted by atomic mass is 10.6. The number of nitrogens with zero attached hydrogens (tertiary/aromatic N) is 6. The van der Waals surface area contributed by atoms with Gasteiger partial charge in [0.05, 0.1) is 6.33 Å². The van der Waals surface area contributed by atoms with E-state index >= 15 is 0 Å². The van der Waals surface area contributed by atoms with E-state index in [9.17, 15) is 18.5 Å². The molecule has 21 heavy (non-hydrogen) atoms. The van der Waals surface area contributed by atoms with Crippen molar-refractivity contribution in [3.05, 3.63) is 29.1 Å². The summed E-state index contributed by atoms with van der Waals surface area (Å²) in [5.74, 6) is -0.760. The second kappa shape index (κ2) is 4.31. The van der Waals surface area contributed by atoms with E-state index in [2.05, 4.69) is 24.9 Å². The summed E-state index contributed by atoms with van der Waals surface area (Å²) < 4.78 is 26.4. The molecule has 0 aliphatic rings. The first-order chi connectivity index (χ1) is 9.93. The molecule has 0 aliphatic carbocycles. The first-order valence-corrected chi connectivity index (χ1v) is 6.96. The fourth-order valence-corrected chi connectivity index (χ4v) is 3.46. The van der Waals surface area contributed by atoms with Gasteiger partial charge in [0.15, 0.2) is 10.7 Å². The van der Waals surface area contributed by atoms with Crippen molar-refractivity contribution in [1.29, 1.82) is 0 Å². The molecule has 3 aromatic heterocycles. The summed E-state index contributed by atoms with van der Waals surface area (Å²) in [5, 5.41) is 9.99. The SMILES string of the molecule is Cn1cnc([N+](=O)[O-])c1S(=O)(=O)c1ncnc2nc[nH]c12. The summed E-state index contributed by atoms with van der Waals surface area (Å²) in [6.07, 6.45) is 3.34. The molecule has 0 atom stereocenters. The van der Waals surface area contributed by atoms with Crippen molar-refractivity contribution in [1.82, 2.24) is 29.5 Å². The van der Waals surface area contributed by atoms with Gasteiger partial charge in [-0.1, -0.05) is 0 Å². The molecule has 0 unspecified atom stereocenters. The van der Waals surface area contributed by atoms with E-state index in [1.54, 1.807) is 0 Å². The number of hydrogen-bond donors (Lipinski definition) is 1. The first kappa shape index (κ1) is 13.1. The summed E-state index contributed by atoms with van der Waals surface area (Å²) in [7, 11) is -2.92. The standard InChI is InChI=1S/C9H7N7O4S/c1-15-4-14-7(16(17)18)9(15)21(19,20)8-5-6(11-2-10-5)12-3-13-8/h2-4H,1H3,(H,10,11,12,13). The predicted octanol–water partition coefficient (Wildman–Crippen LogP) is -0.173. The summed E-state index contributed by atoms with van der Waals surface area (Å²) >= 11 is 0. The Labute approximate surface area is 116 Å². The molecule has 0 bridgehead atoms. The topological polar surface area (TPSA) is 150 Å². The maximum absolute atomic E-state index is 12.6. The van der Waals surface area contributed by atoms with Crippen molar-refractivity contribution in [3.8, 4) is 0 Å². The molecule has 0 fully saturated rings. The van der Waals surface area contributed by atoms with Crippen LogP contribution in [-0.4, -0.2) is 42.8 Å². The number of aromatic nitrogens is 6. The zero-order valence-corrected chi connectivity index (χ0v) is 11.3. The van der Waals surface area contributed by atoms with Gasteiger partial charge in [-0.3, -0.25) is 4.57 Å². The second-order valence-corrected chi connectivity index (χ2v) is 5.81. The maximum atomic E-state index is 12.6. The van der Waals surface area contributed by atoms with Gasteiger partial charge >= 0.3 is 5.82 Å². The molecule has 11 nitrogen and oxygen atoms in total. The molecular formula is C9H7N7O4S. The minimum Gasteiger partial charge on any atom is -0.358 e. The van der Waals surface area contributed by atoms with Crippen LogP contribution in [0.15, 0.2) is 29.0 Å². The van der Waals surface area contributed by atoms with Gasteiger partial charge in [0, 0.05) is 7.05 Å². The van der Waals surface area contributed by atoms with Crippen LogP contribution in [0.1, 0.15) is 0 Å². The van der Waals surface area contributed by atoms with Crippen molar-refractivity contribution in [2.45, 2.75) is 10.1 Å². The monoisotopic (exact) mass is 309 g/mol. The summed E-state index contributed by atoms with van der Waals surface area (Å²) in [6, 6.07) is 0. The molecule has 0 spiro atoms. The van der Waals surface area contributed by atoms with Crippen LogP contribution in [0.4, 0.5) is 5.82 Å². The molecule has 0 aromatic carbocycles. The molecule has 3 rings (SSSR count). The van der Waals surface area contributed by atoms with Crippen LogP contribution >= 0.6 is 0 Å². The lowest BCUT2D eigenvalue weighted by Crippen LogP contribution is -2.12. The fraction of sp³-hybridized carbons (Fsp3) is 0.111. The van der Waals surface area contributed by atoms with Gasteiger partial charge in [0.1, 0.15) is 11.8 Å². The minimum atomic E-state index is -4.26. The molecule has 12 heteroatoms. The predicted molar refractivity (Wildman–Crippen MR) is 67.0 cm³/mol. The Kier molecular flexibility index (Phi) is 2.69. The van der Waals surface area contributed by atoms with Gasteiger partial charge in [0.2, 0.25) is 21.2 Å². The number of sulfone groups is 1. The van der Waals surface area contributed by atoms with Gasteiger partial charge in [0.25, 0.3) is 0 Å². The molecule has 0 radical (unpaired) electrons. The highest BCUT2D eigenvalue weighted by molar-refractivity contribution is 7.91. The lowest BCUT2D eigenvalue weighted by Gasteiger charge is -2.04. The molecule has 0 saturated carbocycles. The van der Waals surface area contributed by atoms with Crippen LogP contribution in [0.5, 0.6) is 0 Å². The van der Waals surface area contributed by atoms with Crippen molar-refractivity contribution in [2.24, 2.45) is 7.05 Å². The Bertz CT molecular complexity index is 958. The zero-order chi connectivity index (χ0) is 15.2. The van der Waals surface area contributed by atoms with E-state index in [1.807, 2.05) is 0 Å². The Morgan fingerprint density at radius 2 is 2.05 bits per heavy atom. The van der Waals surface area contributed by atoms with Gasteiger partial charge in [-0.2, -0.15) is 0 Å². The Morgan fingerprint density at radius 3 is 2.76 bits per heavy atom. The quantitative estimate of drug-likeness (QED) is 0.398. The Morgan fingerprint density at radius 1 is 1.29 bits per heavy atom. The van der Waals surface area contributed by atoms with Gasteiger partial charge in [-0.25, -0.2) is 23.4 Å². The van der Waals surface area contributed by atoms with Crippen molar-refractivity contribution in [2.75, 3.05) is 0 Å². The van der Waals surface area contributed by atoms with Crippen LogP contribution < -0.4 is 0 Å². The van der Waals surface area contributed by atoms with E-state index < -0.39 is 30.6 Å². The third kappa shape index (κ3) is 1.84. The maximum Gasteiger partial charge on any atom is 0.401 e. The van der Waals surface area contributed by atoms with E-state index in [4.69, 9.17) is 0 Å². The lowest BCUT2D eigenvalue weighted by molar-refractivity contribution is -0.392. The average molecular weight is 309 g/mol. The van der Waals surface area contributed by atoms with E-state index in [0.29, 0.717) is 0 Å². The number of hydrogen-bond acceptors (Lipinski definition) is 8. The number of nitro groups is 1. The number of aryl methyl sites for hydroxylation is 1. The molecular weight excluding hydrogens is 302 g/mol. The smallest absolute Gasteiger partial charge is 0.358 e. The molecule has 3 aromatic rings. The fourth-order valence-electron chi connectivity index (χ4n) is 1.88. The first-order valence-electron chi connectivity index (χ1n) is 5.48. The van der Waals surface area contributed by atoms with E-state index in [0.717, 1.165) is 17.2 Å². The number of H-pyrrole nitrogens is 1. The minimum absolute atomic E-state index is 0.0768. The van der Waals surface area contributed by atoms with Gasteiger partial charge in [-0.15, -0.1) is 0 Å². The largest absolute Gasteiger partial charge is 0.401 e. The number of nitrogens with one attached hydrogen (secondary N) is 1. The van der Waals surface area contributed by atoms with Crippen molar-refractivity contribution in [3.63, 3.8) is 0 Å². The Hall–Kier alpha value is -2.89. The molecule has 3 heterocycles. The summed E-state index contributed by atoms with van der Waals surface area (Å²) in [5.41, 5.74) is 0.224. The summed E-state index contributed by atoms with van der Waals surface area (Å²) in [4.78, 5) is 27.5. The third-order valence-corrected chi connectivity index (χ3v) is 4.53. The van der Waals surface area contributed by atoms with Gasteiger partial charge < -0.3 is 15.1 Å². The van der Waals surface area contributed by atoms with Crippen LogP contribution in [0, 0.1) is 10.1 Å². The van der Waals surface area contributed by atoms with Crippen LogP contribution in [0.25, 0.3) is 11.2 Å². The third-order valence-electron chi connectivity index (χ3n) is 2.74. The molecule has 0 saturated heterocycles. The molecule has 0 aliphatic heterocycles. The normalized spacial score (nSPS) is 11.9. The van der Waals surface area contributed by atoms with Crippen LogP contribution in [0.2, 0.25) is 0 Å². The van der Waals surface area contributed by atoms with E-state index in [-0.39, 0.29) is 11.2 Å². The van der Waals surface area contributed by atoms with Crippen molar-refractivity contribution < 1.29 is 13.3 Å². The zero-order valence-electron chi connectivity index (χ0n) is 10.5. The average Bonchev–Trinajstić information content (AvgIpc) is 3.03. The summed E-state index contributed by atoms with van der Waals surface area (Å²) in [6.45, 7) is 0. The van der Waals surface area contributed by atoms with Crippen LogP contribution in [0.3, 0.4) is 0 Å². The highest BCUT2D eigenvalue weighted by Crippen LogP contribution is 2.28. The van der Waals surface area contributed by atoms with Crippen molar-refractivity contribution >= 4 is 26.8 Å². The van der Waals surface area contributed by atoms with Crippen LogP contribution in [-0.2, 0) is 16.9 Å². The molecule has 108 valence electrons. The van der Waals surface area contributed by atoms with E-state index in [1.165, 1.54) is 13.4 Å². The molecule has 0 amide bonds.